The fraction of sp³-hybridized carbons (Fsp3) is 0.750. The first-order chi connectivity index (χ1) is 7.38. The van der Waals surface area contributed by atoms with E-state index in [1.165, 1.54) is 25.7 Å². The second-order valence-electron chi connectivity index (χ2n) is 4.57. The summed E-state index contributed by atoms with van der Waals surface area (Å²) < 4.78 is 0. The zero-order chi connectivity index (χ0) is 10.5. The number of aromatic nitrogens is 2. The van der Waals surface area contributed by atoms with Crippen LogP contribution < -0.4 is 5.32 Å². The van der Waals surface area contributed by atoms with Crippen molar-refractivity contribution in [2.75, 3.05) is 6.54 Å². The van der Waals surface area contributed by atoms with E-state index in [-0.39, 0.29) is 0 Å². The van der Waals surface area contributed by atoms with E-state index in [1.807, 2.05) is 12.4 Å². The summed E-state index contributed by atoms with van der Waals surface area (Å²) in [6.07, 6.45) is 10.2. The monoisotopic (exact) mass is 207 g/mol. The molecule has 15 heavy (non-hydrogen) atoms. The van der Waals surface area contributed by atoms with Crippen LogP contribution in [0.2, 0.25) is 0 Å². The van der Waals surface area contributed by atoms with Gasteiger partial charge in [-0.2, -0.15) is 0 Å². The lowest BCUT2D eigenvalue weighted by Gasteiger charge is -2.16. The van der Waals surface area contributed by atoms with Gasteiger partial charge in [0.15, 0.2) is 0 Å². The van der Waals surface area contributed by atoms with Crippen LogP contribution in [0.15, 0.2) is 12.4 Å². The lowest BCUT2D eigenvalue weighted by Crippen LogP contribution is -2.32. The largest absolute Gasteiger partial charge is 0.349 e. The Morgan fingerprint density at radius 3 is 3.07 bits per heavy atom. The summed E-state index contributed by atoms with van der Waals surface area (Å²) in [6, 6.07) is 0.614. The van der Waals surface area contributed by atoms with Crippen molar-refractivity contribution < 1.29 is 0 Å². The molecule has 0 spiro atoms. The summed E-state index contributed by atoms with van der Waals surface area (Å²) in [5, 5.41) is 3.62. The van der Waals surface area contributed by atoms with Gasteiger partial charge in [-0.25, -0.2) is 4.98 Å². The number of hydrogen-bond donors (Lipinski definition) is 2. The Balaban J connectivity index is 1.80. The van der Waals surface area contributed by atoms with Gasteiger partial charge in [0.25, 0.3) is 0 Å². The molecule has 0 radical (unpaired) electrons. The fourth-order valence-corrected chi connectivity index (χ4v) is 1.99. The first-order valence-corrected chi connectivity index (χ1v) is 6.10. The van der Waals surface area contributed by atoms with Crippen LogP contribution >= 0.6 is 0 Å². The first-order valence-electron chi connectivity index (χ1n) is 6.10. The fourth-order valence-electron chi connectivity index (χ4n) is 1.99. The molecule has 1 aromatic rings. The summed E-state index contributed by atoms with van der Waals surface area (Å²) in [5.74, 6) is 2.10. The van der Waals surface area contributed by atoms with E-state index in [2.05, 4.69) is 22.2 Å². The van der Waals surface area contributed by atoms with Crippen molar-refractivity contribution in [1.29, 1.82) is 0 Å². The van der Waals surface area contributed by atoms with Gasteiger partial charge in [-0.05, 0) is 25.3 Å². The van der Waals surface area contributed by atoms with Crippen molar-refractivity contribution in [2.45, 2.75) is 45.1 Å². The van der Waals surface area contributed by atoms with Crippen LogP contribution in [0.4, 0.5) is 0 Å². The van der Waals surface area contributed by atoms with Crippen molar-refractivity contribution in [1.82, 2.24) is 15.3 Å². The van der Waals surface area contributed by atoms with Crippen molar-refractivity contribution >= 4 is 0 Å². The smallest absolute Gasteiger partial charge is 0.107 e. The van der Waals surface area contributed by atoms with Crippen molar-refractivity contribution in [3.8, 4) is 0 Å². The number of imidazole rings is 1. The highest BCUT2D eigenvalue weighted by molar-refractivity contribution is 4.93. The molecule has 1 atom stereocenters. The maximum Gasteiger partial charge on any atom is 0.107 e. The Bertz CT molecular complexity index is 264. The minimum Gasteiger partial charge on any atom is -0.349 e. The number of aromatic amines is 1. The highest BCUT2D eigenvalue weighted by atomic mass is 14.9. The molecule has 0 saturated heterocycles. The summed E-state index contributed by atoms with van der Waals surface area (Å²) in [7, 11) is 0. The third-order valence-electron chi connectivity index (χ3n) is 2.99. The molecular formula is C12H21N3. The van der Waals surface area contributed by atoms with Gasteiger partial charge >= 0.3 is 0 Å². The quantitative estimate of drug-likeness (QED) is 0.719. The van der Waals surface area contributed by atoms with Crippen LogP contribution in [0.5, 0.6) is 0 Å². The van der Waals surface area contributed by atoms with Crippen LogP contribution in [0.3, 0.4) is 0 Å². The van der Waals surface area contributed by atoms with Gasteiger partial charge in [-0.1, -0.05) is 19.8 Å². The van der Waals surface area contributed by atoms with E-state index in [0.717, 1.165) is 24.7 Å². The van der Waals surface area contributed by atoms with Crippen LogP contribution in [-0.2, 0) is 6.42 Å². The van der Waals surface area contributed by atoms with Crippen LogP contribution in [0, 0.1) is 5.92 Å². The standard InChI is InChI=1S/C12H21N3/c1-2-5-13-11(8-10-3-4-10)9-12-14-6-7-15-12/h6-7,10-11,13H,2-5,8-9H2,1H3,(H,14,15). The van der Waals surface area contributed by atoms with Gasteiger partial charge in [0.05, 0.1) is 0 Å². The average Bonchev–Trinajstić information content (AvgIpc) is 2.90. The normalized spacial score (nSPS) is 17.9. The molecular weight excluding hydrogens is 186 g/mol. The maximum atomic E-state index is 4.30. The van der Waals surface area contributed by atoms with E-state index in [9.17, 15) is 0 Å². The molecule has 1 aliphatic carbocycles. The van der Waals surface area contributed by atoms with Gasteiger partial charge in [0.1, 0.15) is 5.82 Å². The predicted molar refractivity (Wildman–Crippen MR) is 61.7 cm³/mol. The zero-order valence-corrected chi connectivity index (χ0v) is 9.50. The highest BCUT2D eigenvalue weighted by Crippen LogP contribution is 2.33. The van der Waals surface area contributed by atoms with Crippen LogP contribution in [0.1, 0.15) is 38.4 Å². The molecule has 1 saturated carbocycles. The van der Waals surface area contributed by atoms with E-state index in [4.69, 9.17) is 0 Å². The third kappa shape index (κ3) is 3.67. The highest BCUT2D eigenvalue weighted by Gasteiger charge is 2.25. The Hall–Kier alpha value is -0.830. The van der Waals surface area contributed by atoms with Crippen molar-refractivity contribution in [3.63, 3.8) is 0 Å². The molecule has 0 bridgehead atoms. The molecule has 1 unspecified atom stereocenters. The topological polar surface area (TPSA) is 40.7 Å². The van der Waals surface area contributed by atoms with Crippen LogP contribution in [-0.4, -0.2) is 22.6 Å². The number of hydrogen-bond acceptors (Lipinski definition) is 2. The Kier molecular flexibility index (Phi) is 3.78. The number of H-pyrrole nitrogens is 1. The summed E-state index contributed by atoms with van der Waals surface area (Å²) in [5.41, 5.74) is 0. The first kappa shape index (κ1) is 10.7. The lowest BCUT2D eigenvalue weighted by atomic mass is 10.1. The molecule has 84 valence electrons. The maximum absolute atomic E-state index is 4.30. The van der Waals surface area contributed by atoms with Gasteiger partial charge in [-0.15, -0.1) is 0 Å². The SMILES string of the molecule is CCCNC(Cc1ncc[nH]1)CC1CC1. The second kappa shape index (κ2) is 5.31. The molecule has 0 amide bonds. The van der Waals surface area contributed by atoms with E-state index in [0.29, 0.717) is 6.04 Å². The Morgan fingerprint density at radius 1 is 1.60 bits per heavy atom. The van der Waals surface area contributed by atoms with Crippen molar-refractivity contribution in [2.24, 2.45) is 5.92 Å². The van der Waals surface area contributed by atoms with Crippen LogP contribution in [0.25, 0.3) is 0 Å². The molecule has 1 heterocycles. The Morgan fingerprint density at radius 2 is 2.47 bits per heavy atom. The minimum absolute atomic E-state index is 0.614. The summed E-state index contributed by atoms with van der Waals surface area (Å²) in [4.78, 5) is 7.48. The molecule has 2 N–H and O–H groups in total. The van der Waals surface area contributed by atoms with E-state index in [1.54, 1.807) is 0 Å². The minimum atomic E-state index is 0.614. The number of nitrogens with zero attached hydrogens (tertiary/aromatic N) is 1. The van der Waals surface area contributed by atoms with Gasteiger partial charge < -0.3 is 10.3 Å². The molecule has 0 aliphatic heterocycles. The second-order valence-corrected chi connectivity index (χ2v) is 4.57. The summed E-state index contributed by atoms with van der Waals surface area (Å²) in [6.45, 7) is 3.34. The third-order valence-corrected chi connectivity index (χ3v) is 2.99. The van der Waals surface area contributed by atoms with Gasteiger partial charge in [0, 0.05) is 24.9 Å². The summed E-state index contributed by atoms with van der Waals surface area (Å²) >= 11 is 0. The molecule has 3 nitrogen and oxygen atoms in total. The molecule has 0 aromatic carbocycles. The predicted octanol–water partition coefficient (Wildman–Crippen LogP) is 2.12. The molecule has 1 aliphatic rings. The molecule has 2 rings (SSSR count). The van der Waals surface area contributed by atoms with Gasteiger partial charge in [0.2, 0.25) is 0 Å². The average molecular weight is 207 g/mol. The molecule has 1 aromatic heterocycles. The Labute approximate surface area is 91.7 Å². The van der Waals surface area contributed by atoms with Crippen molar-refractivity contribution in [3.05, 3.63) is 18.2 Å². The molecule has 3 heteroatoms. The molecule has 1 fully saturated rings. The number of rotatable bonds is 7. The zero-order valence-electron chi connectivity index (χ0n) is 9.50. The van der Waals surface area contributed by atoms with Gasteiger partial charge in [-0.3, -0.25) is 0 Å². The van der Waals surface area contributed by atoms with E-state index >= 15 is 0 Å². The lowest BCUT2D eigenvalue weighted by molar-refractivity contribution is 0.449. The number of nitrogens with one attached hydrogen (secondary N) is 2. The van der Waals surface area contributed by atoms with E-state index < -0.39 is 0 Å².